The molecule has 0 aromatic carbocycles. The fourth-order valence-corrected chi connectivity index (χ4v) is 3.79. The second kappa shape index (κ2) is 2.85. The number of methoxy groups -OCH3 is 1. The van der Waals surface area contributed by atoms with E-state index in [1.807, 2.05) is 0 Å². The minimum absolute atomic E-state index is 0.00236. The largest absolute Gasteiger partial charge is 0.469 e. The van der Waals surface area contributed by atoms with Crippen LogP contribution in [0.15, 0.2) is 11.1 Å². The molecule has 0 aliphatic heterocycles. The molecule has 3 unspecified atom stereocenters. The quantitative estimate of drug-likeness (QED) is 0.470. The summed E-state index contributed by atoms with van der Waals surface area (Å²) in [6.07, 6.45) is 6.17. The summed E-state index contributed by atoms with van der Waals surface area (Å²) in [6, 6.07) is 0. The van der Waals surface area contributed by atoms with Crippen LogP contribution in [0.3, 0.4) is 0 Å². The van der Waals surface area contributed by atoms with Gasteiger partial charge in [0.05, 0.1) is 13.0 Å². The Morgan fingerprint density at radius 2 is 2.21 bits per heavy atom. The molecule has 0 N–H and O–H groups in total. The third-order valence-corrected chi connectivity index (χ3v) is 4.33. The first-order valence-electron chi connectivity index (χ1n) is 5.61. The van der Waals surface area contributed by atoms with E-state index in [1.165, 1.54) is 38.4 Å². The Morgan fingerprint density at radius 3 is 3.00 bits per heavy atom. The second-order valence-electron chi connectivity index (χ2n) is 4.82. The Kier molecular flexibility index (Phi) is 1.73. The van der Waals surface area contributed by atoms with Gasteiger partial charge in [0.1, 0.15) is 0 Å². The van der Waals surface area contributed by atoms with Crippen molar-refractivity contribution in [1.29, 1.82) is 0 Å². The zero-order valence-electron chi connectivity index (χ0n) is 8.58. The van der Waals surface area contributed by atoms with Crippen molar-refractivity contribution in [2.45, 2.75) is 32.1 Å². The molecular weight excluding hydrogens is 176 g/mol. The van der Waals surface area contributed by atoms with Crippen LogP contribution < -0.4 is 0 Å². The van der Waals surface area contributed by atoms with Crippen molar-refractivity contribution >= 4 is 5.97 Å². The molecule has 2 heteroatoms. The second-order valence-corrected chi connectivity index (χ2v) is 4.82. The summed E-state index contributed by atoms with van der Waals surface area (Å²) < 4.78 is 4.88. The predicted molar refractivity (Wildman–Crippen MR) is 52.6 cm³/mol. The molecule has 2 nitrogen and oxygen atoms in total. The Morgan fingerprint density at radius 1 is 1.36 bits per heavy atom. The number of ether oxygens (including phenoxy) is 1. The summed E-state index contributed by atoms with van der Waals surface area (Å²) in [7, 11) is 1.51. The smallest absolute Gasteiger partial charge is 0.312 e. The third kappa shape index (κ3) is 0.943. The lowest BCUT2D eigenvalue weighted by Crippen LogP contribution is -2.17. The monoisotopic (exact) mass is 192 g/mol. The van der Waals surface area contributed by atoms with Gasteiger partial charge in [0, 0.05) is 0 Å². The van der Waals surface area contributed by atoms with E-state index in [2.05, 4.69) is 0 Å². The van der Waals surface area contributed by atoms with Crippen molar-refractivity contribution in [3.8, 4) is 0 Å². The molecule has 76 valence electrons. The fourth-order valence-electron chi connectivity index (χ4n) is 3.79. The molecule has 2 bridgehead atoms. The van der Waals surface area contributed by atoms with E-state index in [0.29, 0.717) is 0 Å². The van der Waals surface area contributed by atoms with Gasteiger partial charge in [0.25, 0.3) is 0 Å². The van der Waals surface area contributed by atoms with Gasteiger partial charge in [0.15, 0.2) is 0 Å². The van der Waals surface area contributed by atoms with Crippen LogP contribution in [-0.4, -0.2) is 13.1 Å². The van der Waals surface area contributed by atoms with E-state index >= 15 is 0 Å². The maximum absolute atomic E-state index is 11.6. The highest BCUT2D eigenvalue weighted by molar-refractivity contribution is 5.77. The van der Waals surface area contributed by atoms with E-state index in [0.717, 1.165) is 18.3 Å². The minimum Gasteiger partial charge on any atom is -0.469 e. The molecule has 3 aliphatic carbocycles. The number of carbonyl (C=O) groups is 1. The van der Waals surface area contributed by atoms with Crippen LogP contribution in [0.1, 0.15) is 32.1 Å². The van der Waals surface area contributed by atoms with Gasteiger partial charge in [-0.25, -0.2) is 0 Å². The van der Waals surface area contributed by atoms with E-state index in [4.69, 9.17) is 4.74 Å². The number of hydrogen-bond donors (Lipinski definition) is 0. The van der Waals surface area contributed by atoms with Crippen LogP contribution >= 0.6 is 0 Å². The summed E-state index contributed by atoms with van der Waals surface area (Å²) in [6.45, 7) is 0. The topological polar surface area (TPSA) is 26.3 Å². The van der Waals surface area contributed by atoms with Crippen molar-refractivity contribution < 1.29 is 9.53 Å². The van der Waals surface area contributed by atoms with E-state index in [9.17, 15) is 4.79 Å². The van der Waals surface area contributed by atoms with Crippen LogP contribution in [0.25, 0.3) is 0 Å². The summed E-state index contributed by atoms with van der Waals surface area (Å²) in [5, 5.41) is 0. The van der Waals surface area contributed by atoms with Crippen molar-refractivity contribution in [2.24, 2.45) is 17.8 Å². The molecule has 0 saturated heterocycles. The molecule has 0 spiro atoms. The predicted octanol–water partition coefficient (Wildman–Crippen LogP) is 2.30. The van der Waals surface area contributed by atoms with Crippen LogP contribution in [0, 0.1) is 17.8 Å². The standard InChI is InChI=1S/C12H16O2/c1-14-12(13)10-5-4-9-7-2-3-8(6-7)11(9)10/h7,9-10H,2-6H2,1H3. The number of hydrogen-bond acceptors (Lipinski definition) is 2. The van der Waals surface area contributed by atoms with Gasteiger partial charge in [-0.1, -0.05) is 11.1 Å². The van der Waals surface area contributed by atoms with Crippen molar-refractivity contribution in [1.82, 2.24) is 0 Å². The van der Waals surface area contributed by atoms with Crippen LogP contribution in [-0.2, 0) is 9.53 Å². The van der Waals surface area contributed by atoms with Gasteiger partial charge < -0.3 is 4.74 Å². The maximum atomic E-state index is 11.6. The van der Waals surface area contributed by atoms with Gasteiger partial charge >= 0.3 is 5.97 Å². The van der Waals surface area contributed by atoms with Gasteiger partial charge in [-0.2, -0.15) is 0 Å². The number of allylic oxidation sites excluding steroid dienone is 1. The lowest BCUT2D eigenvalue weighted by molar-refractivity contribution is -0.143. The van der Waals surface area contributed by atoms with Gasteiger partial charge in [0.2, 0.25) is 0 Å². The molecule has 3 aliphatic rings. The van der Waals surface area contributed by atoms with Gasteiger partial charge in [-0.3, -0.25) is 4.79 Å². The Labute approximate surface area is 84.3 Å². The lowest BCUT2D eigenvalue weighted by atomic mass is 9.86. The summed E-state index contributed by atoms with van der Waals surface area (Å²) in [5.74, 6) is 1.77. The number of rotatable bonds is 1. The highest BCUT2D eigenvalue weighted by atomic mass is 16.5. The van der Waals surface area contributed by atoms with Crippen LogP contribution in [0.2, 0.25) is 0 Å². The first-order chi connectivity index (χ1) is 6.81. The van der Waals surface area contributed by atoms with Crippen molar-refractivity contribution in [3.05, 3.63) is 11.1 Å². The number of fused-ring (bicyclic) bond motifs is 4. The molecule has 0 aromatic heterocycles. The van der Waals surface area contributed by atoms with Gasteiger partial charge in [-0.05, 0) is 43.9 Å². The lowest BCUT2D eigenvalue weighted by Gasteiger charge is -2.19. The van der Waals surface area contributed by atoms with E-state index in [-0.39, 0.29) is 11.9 Å². The Balaban J connectivity index is 1.94. The van der Waals surface area contributed by atoms with Gasteiger partial charge in [-0.15, -0.1) is 0 Å². The average Bonchev–Trinajstić information content (AvgIpc) is 2.87. The summed E-state index contributed by atoms with van der Waals surface area (Å²) >= 11 is 0. The fraction of sp³-hybridized carbons (Fsp3) is 0.750. The zero-order valence-corrected chi connectivity index (χ0v) is 8.58. The zero-order chi connectivity index (χ0) is 9.71. The maximum Gasteiger partial charge on any atom is 0.312 e. The molecule has 2 fully saturated rings. The van der Waals surface area contributed by atoms with Crippen LogP contribution in [0.4, 0.5) is 0 Å². The molecule has 0 radical (unpaired) electrons. The highest BCUT2D eigenvalue weighted by Gasteiger charge is 2.47. The Bertz CT molecular complexity index is 316. The van der Waals surface area contributed by atoms with Crippen molar-refractivity contribution in [3.63, 3.8) is 0 Å². The van der Waals surface area contributed by atoms with Crippen LogP contribution in [0.5, 0.6) is 0 Å². The number of esters is 1. The SMILES string of the molecule is COC(=O)C1CCC2C1=C1CCC2C1. The van der Waals surface area contributed by atoms with Crippen molar-refractivity contribution in [2.75, 3.05) is 7.11 Å². The molecular formula is C12H16O2. The first-order valence-corrected chi connectivity index (χ1v) is 5.61. The number of carbonyl (C=O) groups excluding carboxylic acids is 1. The Hall–Kier alpha value is -0.790. The highest BCUT2D eigenvalue weighted by Crippen LogP contribution is 2.56. The molecule has 14 heavy (non-hydrogen) atoms. The average molecular weight is 192 g/mol. The molecule has 0 heterocycles. The molecule has 0 aromatic rings. The summed E-state index contributed by atoms with van der Waals surface area (Å²) in [5.41, 5.74) is 3.10. The summed E-state index contributed by atoms with van der Waals surface area (Å²) in [4.78, 5) is 11.6. The normalized spacial score (nSPS) is 39.1. The molecule has 2 saturated carbocycles. The molecule has 3 rings (SSSR count). The van der Waals surface area contributed by atoms with E-state index in [1.54, 1.807) is 5.57 Å². The molecule has 3 atom stereocenters. The minimum atomic E-state index is 0.00236. The first kappa shape index (κ1) is 8.51. The molecule has 0 amide bonds. The third-order valence-electron chi connectivity index (χ3n) is 4.33. The van der Waals surface area contributed by atoms with E-state index < -0.39 is 0 Å².